The number of halogens is 1. The van der Waals surface area contributed by atoms with Crippen molar-refractivity contribution in [2.24, 2.45) is 0 Å². The molecule has 0 radical (unpaired) electrons. The first kappa shape index (κ1) is 19.8. The van der Waals surface area contributed by atoms with E-state index in [9.17, 15) is 9.18 Å². The Morgan fingerprint density at radius 1 is 1.06 bits per heavy atom. The maximum absolute atomic E-state index is 13.5. The number of aromatic nitrogens is 1. The van der Waals surface area contributed by atoms with Crippen LogP contribution in [-0.2, 0) is 0 Å². The highest BCUT2D eigenvalue weighted by atomic mass is 19.1. The van der Waals surface area contributed by atoms with Gasteiger partial charge in [-0.2, -0.15) is 0 Å². The molecular formula is C25H27FN4O. The summed E-state index contributed by atoms with van der Waals surface area (Å²) in [5, 5.41) is 4.05. The second kappa shape index (κ2) is 8.19. The largest absolute Gasteiger partial charge is 0.336 e. The molecule has 6 heteroatoms. The van der Waals surface area contributed by atoms with Crippen molar-refractivity contribution in [3.8, 4) is 11.1 Å². The molecule has 0 bridgehead atoms. The Bertz CT molecular complexity index is 1150. The van der Waals surface area contributed by atoms with Crippen LogP contribution in [0.2, 0.25) is 0 Å². The summed E-state index contributed by atoms with van der Waals surface area (Å²) in [6, 6.07) is 13.2. The molecule has 1 saturated heterocycles. The first-order valence-corrected chi connectivity index (χ1v) is 10.9. The zero-order valence-electron chi connectivity index (χ0n) is 17.8. The summed E-state index contributed by atoms with van der Waals surface area (Å²) in [5.74, 6) is -0.217. The third-order valence-corrected chi connectivity index (χ3v) is 6.39. The number of hydrogen-bond donors (Lipinski definition) is 1. The fourth-order valence-corrected chi connectivity index (χ4v) is 4.65. The van der Waals surface area contributed by atoms with Crippen LogP contribution in [0.5, 0.6) is 0 Å². The van der Waals surface area contributed by atoms with Crippen LogP contribution in [0.15, 0.2) is 54.7 Å². The summed E-state index contributed by atoms with van der Waals surface area (Å²) in [6.07, 6.45) is 5.45. The van der Waals surface area contributed by atoms with Crippen molar-refractivity contribution in [2.45, 2.75) is 13.3 Å². The van der Waals surface area contributed by atoms with E-state index >= 15 is 0 Å². The predicted molar refractivity (Wildman–Crippen MR) is 122 cm³/mol. The minimum Gasteiger partial charge on any atom is -0.336 e. The van der Waals surface area contributed by atoms with Gasteiger partial charge in [-0.15, -0.1) is 0 Å². The van der Waals surface area contributed by atoms with Gasteiger partial charge in [-0.3, -0.25) is 4.90 Å². The van der Waals surface area contributed by atoms with E-state index in [2.05, 4.69) is 52.2 Å². The molecule has 1 fully saturated rings. The molecule has 160 valence electrons. The zero-order valence-corrected chi connectivity index (χ0v) is 17.8. The van der Waals surface area contributed by atoms with Gasteiger partial charge in [0.1, 0.15) is 5.82 Å². The minimum atomic E-state index is -0.217. The van der Waals surface area contributed by atoms with Gasteiger partial charge in [0.15, 0.2) is 0 Å². The van der Waals surface area contributed by atoms with Crippen LogP contribution in [0.4, 0.5) is 9.18 Å². The number of benzene rings is 2. The lowest BCUT2D eigenvalue weighted by Crippen LogP contribution is -2.38. The summed E-state index contributed by atoms with van der Waals surface area (Å²) in [6.45, 7) is 7.21. The molecule has 2 aromatic carbocycles. The summed E-state index contributed by atoms with van der Waals surface area (Å²) in [4.78, 5) is 16.0. The number of fused-ring (bicyclic) bond motifs is 1. The lowest BCUT2D eigenvalue weighted by molar-refractivity contribution is 0.204. The smallest absolute Gasteiger partial charge is 0.317 e. The van der Waals surface area contributed by atoms with Crippen LogP contribution in [-0.4, -0.2) is 59.7 Å². The van der Waals surface area contributed by atoms with Crippen molar-refractivity contribution >= 4 is 22.6 Å². The monoisotopic (exact) mass is 418 g/mol. The average Bonchev–Trinajstić information content (AvgIpc) is 3.38. The predicted octanol–water partition coefficient (Wildman–Crippen LogP) is 4.33. The van der Waals surface area contributed by atoms with Crippen molar-refractivity contribution in [2.75, 3.05) is 39.3 Å². The second-order valence-corrected chi connectivity index (χ2v) is 8.36. The summed E-state index contributed by atoms with van der Waals surface area (Å²) in [7, 11) is 0. The number of carbonyl (C=O) groups excluding carboxylic acids is 1. The molecule has 2 aliphatic heterocycles. The van der Waals surface area contributed by atoms with Crippen LogP contribution < -0.4 is 5.32 Å². The molecule has 2 amide bonds. The van der Waals surface area contributed by atoms with E-state index < -0.39 is 0 Å². The fraction of sp³-hybridized carbons (Fsp3) is 0.320. The number of amides is 2. The van der Waals surface area contributed by atoms with Crippen molar-refractivity contribution in [3.05, 3.63) is 66.1 Å². The first-order chi connectivity index (χ1) is 15.1. The highest BCUT2D eigenvalue weighted by molar-refractivity contribution is 5.99. The van der Waals surface area contributed by atoms with Gasteiger partial charge in [0, 0.05) is 68.5 Å². The molecule has 1 N–H and O–H groups in total. The van der Waals surface area contributed by atoms with E-state index in [4.69, 9.17) is 0 Å². The van der Waals surface area contributed by atoms with Gasteiger partial charge in [0.2, 0.25) is 0 Å². The van der Waals surface area contributed by atoms with Gasteiger partial charge in [0.25, 0.3) is 0 Å². The molecule has 0 spiro atoms. The highest BCUT2D eigenvalue weighted by Gasteiger charge is 2.22. The Morgan fingerprint density at radius 3 is 2.61 bits per heavy atom. The Morgan fingerprint density at radius 2 is 1.90 bits per heavy atom. The summed E-state index contributed by atoms with van der Waals surface area (Å²) in [5.41, 5.74) is 5.90. The van der Waals surface area contributed by atoms with Gasteiger partial charge in [0.05, 0.1) is 5.52 Å². The Balaban J connectivity index is 1.40. The number of carbonyl (C=O) groups is 1. The molecule has 0 atom stereocenters. The van der Waals surface area contributed by atoms with Gasteiger partial charge in [-0.1, -0.05) is 36.4 Å². The molecule has 1 aromatic heterocycles. The third-order valence-electron chi connectivity index (χ3n) is 6.39. The number of nitrogens with one attached hydrogen (secondary N) is 1. The first-order valence-electron chi connectivity index (χ1n) is 10.9. The Kier molecular flexibility index (Phi) is 5.24. The number of rotatable bonds is 5. The van der Waals surface area contributed by atoms with E-state index in [1.165, 1.54) is 34.3 Å². The average molecular weight is 419 g/mol. The lowest BCUT2D eigenvalue weighted by Gasteiger charge is -2.28. The molecular weight excluding hydrogens is 391 g/mol. The molecule has 0 aliphatic carbocycles. The SMILES string of the molecule is Cc1cccc2c(-c3ccc(F)cc3)cn(C3=CCN(CCN4CCNC4=O)CC3)c12. The number of hydrogen-bond acceptors (Lipinski definition) is 2. The number of nitrogens with zero attached hydrogens (tertiary/aromatic N) is 3. The van der Waals surface area contributed by atoms with E-state index in [-0.39, 0.29) is 11.8 Å². The molecule has 2 aliphatic rings. The van der Waals surface area contributed by atoms with Crippen molar-refractivity contribution in [1.82, 2.24) is 19.7 Å². The molecule has 0 saturated carbocycles. The van der Waals surface area contributed by atoms with Gasteiger partial charge < -0.3 is 14.8 Å². The normalized spacial score (nSPS) is 17.3. The van der Waals surface area contributed by atoms with E-state index in [0.29, 0.717) is 0 Å². The maximum atomic E-state index is 13.5. The topological polar surface area (TPSA) is 40.5 Å². The highest BCUT2D eigenvalue weighted by Crippen LogP contribution is 2.35. The van der Waals surface area contributed by atoms with Crippen LogP contribution in [0.3, 0.4) is 0 Å². The van der Waals surface area contributed by atoms with Crippen LogP contribution in [0.1, 0.15) is 12.0 Å². The quantitative estimate of drug-likeness (QED) is 0.670. The summed E-state index contributed by atoms with van der Waals surface area (Å²) < 4.78 is 15.8. The van der Waals surface area contributed by atoms with Crippen LogP contribution in [0.25, 0.3) is 27.7 Å². The molecule has 5 rings (SSSR count). The van der Waals surface area contributed by atoms with E-state index in [0.717, 1.165) is 56.8 Å². The maximum Gasteiger partial charge on any atom is 0.317 e. The molecule has 31 heavy (non-hydrogen) atoms. The molecule has 3 heterocycles. The van der Waals surface area contributed by atoms with Crippen LogP contribution in [0, 0.1) is 12.7 Å². The van der Waals surface area contributed by atoms with Crippen molar-refractivity contribution < 1.29 is 9.18 Å². The van der Waals surface area contributed by atoms with Crippen molar-refractivity contribution in [3.63, 3.8) is 0 Å². The van der Waals surface area contributed by atoms with Gasteiger partial charge >= 0.3 is 6.03 Å². The van der Waals surface area contributed by atoms with E-state index in [1.54, 1.807) is 0 Å². The molecule has 3 aromatic rings. The summed E-state index contributed by atoms with van der Waals surface area (Å²) >= 11 is 0. The zero-order chi connectivity index (χ0) is 21.4. The second-order valence-electron chi connectivity index (χ2n) is 8.36. The Hall–Kier alpha value is -3.12. The number of urea groups is 1. The molecule has 5 nitrogen and oxygen atoms in total. The number of aryl methyl sites for hydroxylation is 1. The standard InChI is InChI=1S/C25H27FN4O/c1-18-3-2-4-22-23(19-5-7-20(26)8-6-19)17-30(24(18)22)21-9-12-28(13-10-21)15-16-29-14-11-27-25(29)31/h2-9,17H,10-16H2,1H3,(H,27,31). The Labute approximate surface area is 181 Å². The third kappa shape index (κ3) is 3.83. The lowest BCUT2D eigenvalue weighted by atomic mass is 10.0. The molecule has 0 unspecified atom stereocenters. The van der Waals surface area contributed by atoms with Gasteiger partial charge in [-0.25, -0.2) is 9.18 Å². The van der Waals surface area contributed by atoms with Crippen molar-refractivity contribution in [1.29, 1.82) is 0 Å². The van der Waals surface area contributed by atoms with E-state index in [1.807, 2.05) is 17.0 Å². The number of para-hydroxylation sites is 1. The fourth-order valence-electron chi connectivity index (χ4n) is 4.65. The van der Waals surface area contributed by atoms with Gasteiger partial charge in [-0.05, 0) is 30.2 Å². The minimum absolute atomic E-state index is 0.0517. The van der Waals surface area contributed by atoms with Crippen LogP contribution >= 0.6 is 0 Å².